The molecule has 0 unspecified atom stereocenters. The third-order valence-corrected chi connectivity index (χ3v) is 5.97. The number of anilines is 1. The number of carbonyl (C=O) groups is 1. The van der Waals surface area contributed by atoms with Crippen molar-refractivity contribution in [2.45, 2.75) is 31.7 Å². The Morgan fingerprint density at radius 3 is 2.85 bits per heavy atom. The van der Waals surface area contributed by atoms with Crippen molar-refractivity contribution in [1.29, 1.82) is 0 Å². The molecule has 0 atom stereocenters. The van der Waals surface area contributed by atoms with Gasteiger partial charge in [-0.2, -0.15) is 0 Å². The van der Waals surface area contributed by atoms with Gasteiger partial charge in [0, 0.05) is 30.8 Å². The molecule has 0 saturated heterocycles. The Hall–Kier alpha value is -2.81. The van der Waals surface area contributed by atoms with Crippen LogP contribution in [0.5, 0.6) is 0 Å². The smallest absolute Gasteiger partial charge is 0.261 e. The average molecular weight is 370 g/mol. The number of aryl methyl sites for hydroxylation is 1. The minimum absolute atomic E-state index is 0.108. The van der Waals surface area contributed by atoms with Crippen molar-refractivity contribution >= 4 is 33.3 Å². The number of amides is 1. The first-order valence-corrected chi connectivity index (χ1v) is 9.15. The molecule has 134 valence electrons. The number of hydrogen-bond donors (Lipinski definition) is 3. The molecule has 26 heavy (non-hydrogen) atoms. The number of nitrogens with one attached hydrogen (secondary N) is 3. The summed E-state index contributed by atoms with van der Waals surface area (Å²) in [6, 6.07) is 2.05. The number of rotatable bonds is 4. The lowest BCUT2D eigenvalue weighted by Gasteiger charge is -2.35. The molecule has 3 heterocycles. The van der Waals surface area contributed by atoms with Crippen LogP contribution in [0.1, 0.15) is 39.7 Å². The summed E-state index contributed by atoms with van der Waals surface area (Å²) < 4.78 is 0. The van der Waals surface area contributed by atoms with Crippen molar-refractivity contribution in [2.75, 3.05) is 12.4 Å². The number of H-pyrrole nitrogens is 1. The number of hydrogen-bond acceptors (Lipinski definition) is 7. The van der Waals surface area contributed by atoms with Crippen molar-refractivity contribution < 1.29 is 4.79 Å². The molecule has 4 rings (SSSR count). The van der Waals surface area contributed by atoms with Crippen molar-refractivity contribution in [2.24, 2.45) is 0 Å². The van der Waals surface area contributed by atoms with Gasteiger partial charge in [-0.25, -0.2) is 15.0 Å². The van der Waals surface area contributed by atoms with Gasteiger partial charge in [0.2, 0.25) is 0 Å². The SMILES string of the molecule is CNc1cc(C2CC(NC(=O)c3sc4nc[nH]c(=O)c4c3C)C2)ncn1. The van der Waals surface area contributed by atoms with Gasteiger partial charge in [-0.1, -0.05) is 0 Å². The molecule has 1 aliphatic carbocycles. The van der Waals surface area contributed by atoms with Crippen molar-refractivity contribution in [1.82, 2.24) is 25.3 Å². The highest BCUT2D eigenvalue weighted by atomic mass is 32.1. The fraction of sp³-hybridized carbons (Fsp3) is 0.353. The Labute approximate surface area is 153 Å². The van der Waals surface area contributed by atoms with Gasteiger partial charge in [0.1, 0.15) is 17.0 Å². The summed E-state index contributed by atoms with van der Waals surface area (Å²) in [4.78, 5) is 40.8. The molecule has 1 amide bonds. The summed E-state index contributed by atoms with van der Waals surface area (Å²) in [5.74, 6) is 0.969. The molecule has 0 aromatic carbocycles. The maximum absolute atomic E-state index is 12.6. The summed E-state index contributed by atoms with van der Waals surface area (Å²) >= 11 is 1.25. The second-order valence-corrected chi connectivity index (χ2v) is 7.38. The number of fused-ring (bicyclic) bond motifs is 1. The first kappa shape index (κ1) is 16.6. The van der Waals surface area contributed by atoms with Crippen LogP contribution in [-0.2, 0) is 0 Å². The zero-order valence-electron chi connectivity index (χ0n) is 14.4. The lowest BCUT2D eigenvalue weighted by molar-refractivity contribution is 0.0912. The van der Waals surface area contributed by atoms with Crippen LogP contribution in [0, 0.1) is 6.92 Å². The maximum Gasteiger partial charge on any atom is 0.261 e. The Balaban J connectivity index is 1.45. The van der Waals surface area contributed by atoms with Gasteiger partial charge in [-0.15, -0.1) is 11.3 Å². The molecule has 3 aromatic heterocycles. The largest absolute Gasteiger partial charge is 0.373 e. The fourth-order valence-electron chi connectivity index (χ4n) is 3.26. The van der Waals surface area contributed by atoms with E-state index >= 15 is 0 Å². The molecule has 9 heteroatoms. The molecule has 3 aromatic rings. The minimum atomic E-state index is -0.212. The normalized spacial score (nSPS) is 19.2. The van der Waals surface area contributed by atoms with Crippen LogP contribution in [0.3, 0.4) is 0 Å². The molecule has 0 radical (unpaired) electrons. The Bertz CT molecular complexity index is 1040. The van der Waals surface area contributed by atoms with Crippen LogP contribution in [-0.4, -0.2) is 38.9 Å². The highest BCUT2D eigenvalue weighted by molar-refractivity contribution is 7.20. The van der Waals surface area contributed by atoms with E-state index in [9.17, 15) is 9.59 Å². The molecule has 0 bridgehead atoms. The van der Waals surface area contributed by atoms with E-state index in [1.165, 1.54) is 17.7 Å². The summed E-state index contributed by atoms with van der Waals surface area (Å²) in [5.41, 5.74) is 1.46. The number of thiophene rings is 1. The van der Waals surface area contributed by atoms with Crippen molar-refractivity contribution in [3.05, 3.63) is 45.2 Å². The second kappa shape index (κ2) is 6.49. The van der Waals surface area contributed by atoms with E-state index in [0.29, 0.717) is 26.6 Å². The molecule has 1 saturated carbocycles. The summed E-state index contributed by atoms with van der Waals surface area (Å²) in [6.45, 7) is 1.79. The molecular formula is C17H18N6O2S. The van der Waals surface area contributed by atoms with Crippen LogP contribution in [0.2, 0.25) is 0 Å². The van der Waals surface area contributed by atoms with E-state index < -0.39 is 0 Å². The topological polar surface area (TPSA) is 113 Å². The fourth-order valence-corrected chi connectivity index (χ4v) is 4.31. The quantitative estimate of drug-likeness (QED) is 0.645. The first-order valence-electron chi connectivity index (χ1n) is 8.34. The van der Waals surface area contributed by atoms with Crippen molar-refractivity contribution in [3.8, 4) is 0 Å². The second-order valence-electron chi connectivity index (χ2n) is 6.38. The van der Waals surface area contributed by atoms with E-state index in [1.807, 2.05) is 13.1 Å². The summed E-state index contributed by atoms with van der Waals surface area (Å²) in [7, 11) is 1.82. The maximum atomic E-state index is 12.6. The Morgan fingerprint density at radius 1 is 1.31 bits per heavy atom. The number of nitrogens with zero attached hydrogens (tertiary/aromatic N) is 3. The van der Waals surface area contributed by atoms with Crippen molar-refractivity contribution in [3.63, 3.8) is 0 Å². The molecule has 0 aliphatic heterocycles. The monoisotopic (exact) mass is 370 g/mol. The van der Waals surface area contributed by atoms with Crippen LogP contribution >= 0.6 is 11.3 Å². The van der Waals surface area contributed by atoms with Gasteiger partial charge in [-0.05, 0) is 25.3 Å². The predicted octanol–water partition coefficient (Wildman–Crippen LogP) is 1.80. The third-order valence-electron chi connectivity index (χ3n) is 4.77. The highest BCUT2D eigenvalue weighted by Gasteiger charge is 2.33. The van der Waals surface area contributed by atoms with Gasteiger partial charge in [-0.3, -0.25) is 9.59 Å². The van der Waals surface area contributed by atoms with Crippen LogP contribution < -0.4 is 16.2 Å². The molecule has 3 N–H and O–H groups in total. The van der Waals surface area contributed by atoms with E-state index in [2.05, 4.69) is 30.6 Å². The lowest BCUT2D eigenvalue weighted by atomic mass is 9.78. The van der Waals surface area contributed by atoms with Gasteiger partial charge in [0.05, 0.1) is 16.6 Å². The molecular weight excluding hydrogens is 352 g/mol. The molecule has 0 spiro atoms. The van der Waals surface area contributed by atoms with Crippen LogP contribution in [0.25, 0.3) is 10.2 Å². The van der Waals surface area contributed by atoms with Gasteiger partial charge < -0.3 is 15.6 Å². The third kappa shape index (κ3) is 2.84. The van der Waals surface area contributed by atoms with Crippen LogP contribution in [0.4, 0.5) is 5.82 Å². The zero-order chi connectivity index (χ0) is 18.3. The van der Waals surface area contributed by atoms with E-state index in [1.54, 1.807) is 13.3 Å². The number of carbonyl (C=O) groups excluding carboxylic acids is 1. The van der Waals surface area contributed by atoms with E-state index in [4.69, 9.17) is 0 Å². The highest BCUT2D eigenvalue weighted by Crippen LogP contribution is 2.37. The van der Waals surface area contributed by atoms with E-state index in [-0.39, 0.29) is 17.5 Å². The summed E-state index contributed by atoms with van der Waals surface area (Å²) in [6.07, 6.45) is 4.60. The van der Waals surface area contributed by atoms with Crippen LogP contribution in [0.15, 0.2) is 23.5 Å². The Kier molecular flexibility index (Phi) is 4.15. The lowest BCUT2D eigenvalue weighted by Crippen LogP contribution is -2.43. The van der Waals surface area contributed by atoms with Gasteiger partial charge >= 0.3 is 0 Å². The first-order chi connectivity index (χ1) is 12.6. The summed E-state index contributed by atoms with van der Waals surface area (Å²) in [5, 5.41) is 6.56. The molecule has 1 aliphatic rings. The zero-order valence-corrected chi connectivity index (χ0v) is 15.2. The number of aromatic amines is 1. The Morgan fingerprint density at radius 2 is 2.12 bits per heavy atom. The standard InChI is InChI=1S/C17H18N6O2S/c1-8-13-15(24)21-7-22-17(13)26-14(8)16(25)23-10-3-9(4-10)11-5-12(18-2)20-6-19-11/h5-7,9-10H,3-4H2,1-2H3,(H,23,25)(H,18,19,20)(H,21,22,24). The van der Waals surface area contributed by atoms with Gasteiger partial charge in [0.25, 0.3) is 11.5 Å². The molecule has 1 fully saturated rings. The van der Waals surface area contributed by atoms with E-state index in [0.717, 1.165) is 24.4 Å². The number of aromatic nitrogens is 4. The molecule has 8 nitrogen and oxygen atoms in total. The minimum Gasteiger partial charge on any atom is -0.373 e. The average Bonchev–Trinajstić information content (AvgIpc) is 2.96. The van der Waals surface area contributed by atoms with Gasteiger partial charge in [0.15, 0.2) is 0 Å². The predicted molar refractivity (Wildman–Crippen MR) is 99.8 cm³/mol.